The third-order valence-electron chi connectivity index (χ3n) is 5.01. The highest BCUT2D eigenvalue weighted by molar-refractivity contribution is 8.18. The molecule has 3 aromatic rings. The van der Waals surface area contributed by atoms with E-state index in [0.29, 0.717) is 28.7 Å². The second kappa shape index (κ2) is 11.0. The van der Waals surface area contributed by atoms with E-state index in [1.54, 1.807) is 23.1 Å². The van der Waals surface area contributed by atoms with Gasteiger partial charge in [0, 0.05) is 0 Å². The minimum Gasteiger partial charge on any atom is -0.493 e. The molecule has 0 spiro atoms. The van der Waals surface area contributed by atoms with Crippen LogP contribution in [0.5, 0.6) is 11.5 Å². The summed E-state index contributed by atoms with van der Waals surface area (Å²) in [6.07, 6.45) is 1.70. The first-order chi connectivity index (χ1) is 16.5. The summed E-state index contributed by atoms with van der Waals surface area (Å²) in [5.74, 6) is -0.0855. The molecular weight excluding hydrogens is 458 g/mol. The summed E-state index contributed by atoms with van der Waals surface area (Å²) >= 11 is 1.28. The Morgan fingerprint density at radius 3 is 2.29 bits per heavy atom. The monoisotopic (exact) mass is 480 g/mol. The van der Waals surface area contributed by atoms with E-state index in [9.17, 15) is 13.6 Å². The summed E-state index contributed by atoms with van der Waals surface area (Å²) in [6.45, 7) is -2.12. The van der Waals surface area contributed by atoms with Crippen molar-refractivity contribution in [2.45, 2.75) is 19.7 Å². The fourth-order valence-corrected chi connectivity index (χ4v) is 4.37. The predicted molar refractivity (Wildman–Crippen MR) is 130 cm³/mol. The van der Waals surface area contributed by atoms with Crippen LogP contribution in [0.2, 0.25) is 0 Å². The van der Waals surface area contributed by atoms with Crippen molar-refractivity contribution in [3.05, 3.63) is 100 Å². The number of carbonyl (C=O) groups excluding carboxylic acids is 1. The topological polar surface area (TPSA) is 51.1 Å². The molecule has 1 aliphatic rings. The molecule has 5 nitrogen and oxygen atoms in total. The van der Waals surface area contributed by atoms with Crippen LogP contribution in [-0.4, -0.2) is 29.7 Å². The van der Waals surface area contributed by atoms with Crippen molar-refractivity contribution in [2.24, 2.45) is 4.99 Å². The fourth-order valence-electron chi connectivity index (χ4n) is 3.39. The number of nitrogens with zero attached hydrogens (tertiary/aromatic N) is 2. The highest BCUT2D eigenvalue weighted by Gasteiger charge is 2.33. The Labute approximate surface area is 200 Å². The molecule has 1 saturated heterocycles. The number of methoxy groups -OCH3 is 1. The summed E-state index contributed by atoms with van der Waals surface area (Å²) < 4.78 is 34.9. The van der Waals surface area contributed by atoms with Gasteiger partial charge in [-0.15, -0.1) is 0 Å². The molecule has 34 heavy (non-hydrogen) atoms. The summed E-state index contributed by atoms with van der Waals surface area (Å²) in [5.41, 5.74) is 2.65. The SMILES string of the molecule is COc1cc(/C=C2/SC(=NCc3ccccc3)N(Cc3ccccc3)C2=O)ccc1OC(F)F. The zero-order chi connectivity index (χ0) is 23.9. The number of thioether (sulfide) groups is 1. The van der Waals surface area contributed by atoms with E-state index < -0.39 is 6.61 Å². The van der Waals surface area contributed by atoms with Crippen LogP contribution in [0, 0.1) is 0 Å². The molecule has 0 aliphatic carbocycles. The number of carbonyl (C=O) groups is 1. The third-order valence-corrected chi connectivity index (χ3v) is 6.06. The van der Waals surface area contributed by atoms with Crippen LogP contribution in [0.3, 0.4) is 0 Å². The molecule has 1 aliphatic heterocycles. The number of halogens is 2. The first-order valence-corrected chi connectivity index (χ1v) is 11.3. The number of amidine groups is 1. The van der Waals surface area contributed by atoms with Crippen molar-refractivity contribution in [3.8, 4) is 11.5 Å². The van der Waals surface area contributed by atoms with Gasteiger partial charge in [0.05, 0.1) is 25.1 Å². The standard InChI is InChI=1S/C26H22F2N2O3S/c1-32-22-14-20(12-13-21(22)33-25(27)28)15-23-24(31)30(17-19-10-6-3-7-11-19)26(34-23)29-16-18-8-4-2-5-9-18/h2-15,25H,16-17H2,1H3/b23-15+,29-26?. The maximum absolute atomic E-state index is 13.3. The molecule has 0 bridgehead atoms. The van der Waals surface area contributed by atoms with Gasteiger partial charge in [0.25, 0.3) is 5.91 Å². The van der Waals surface area contributed by atoms with Crippen LogP contribution in [0.25, 0.3) is 6.08 Å². The molecule has 0 aromatic heterocycles. The zero-order valence-corrected chi connectivity index (χ0v) is 19.2. The van der Waals surface area contributed by atoms with Crippen LogP contribution in [-0.2, 0) is 17.9 Å². The van der Waals surface area contributed by atoms with Gasteiger partial charge in [-0.2, -0.15) is 8.78 Å². The summed E-state index contributed by atoms with van der Waals surface area (Å²) in [4.78, 5) is 20.1. The van der Waals surface area contributed by atoms with Crippen molar-refractivity contribution < 1.29 is 23.0 Å². The van der Waals surface area contributed by atoms with Gasteiger partial charge in [-0.05, 0) is 46.7 Å². The summed E-state index contributed by atoms with van der Waals surface area (Å²) in [6, 6.07) is 24.1. The Morgan fingerprint density at radius 1 is 0.971 bits per heavy atom. The normalized spacial score (nSPS) is 16.0. The van der Waals surface area contributed by atoms with E-state index in [1.165, 1.54) is 24.9 Å². The van der Waals surface area contributed by atoms with Gasteiger partial charge in [0.1, 0.15) is 0 Å². The van der Waals surface area contributed by atoms with Crippen LogP contribution >= 0.6 is 11.8 Å². The third kappa shape index (κ3) is 5.82. The van der Waals surface area contributed by atoms with Gasteiger partial charge < -0.3 is 9.47 Å². The first kappa shape index (κ1) is 23.5. The molecule has 1 heterocycles. The quantitative estimate of drug-likeness (QED) is 0.373. The molecule has 0 N–H and O–H groups in total. The number of hydrogen-bond acceptors (Lipinski definition) is 5. The van der Waals surface area contributed by atoms with E-state index in [1.807, 2.05) is 60.7 Å². The smallest absolute Gasteiger partial charge is 0.387 e. The molecule has 8 heteroatoms. The number of alkyl halides is 2. The van der Waals surface area contributed by atoms with Crippen molar-refractivity contribution >= 4 is 28.9 Å². The van der Waals surface area contributed by atoms with Crippen LogP contribution in [0.4, 0.5) is 8.78 Å². The maximum Gasteiger partial charge on any atom is 0.387 e. The lowest BCUT2D eigenvalue weighted by Gasteiger charge is -2.15. The van der Waals surface area contributed by atoms with Gasteiger partial charge in [-0.1, -0.05) is 66.7 Å². The average Bonchev–Trinajstić information content (AvgIpc) is 3.13. The largest absolute Gasteiger partial charge is 0.493 e. The van der Waals surface area contributed by atoms with Gasteiger partial charge in [0.15, 0.2) is 16.7 Å². The lowest BCUT2D eigenvalue weighted by molar-refractivity contribution is -0.122. The Morgan fingerprint density at radius 2 is 1.65 bits per heavy atom. The van der Waals surface area contributed by atoms with Crippen molar-refractivity contribution in [2.75, 3.05) is 7.11 Å². The number of amides is 1. The van der Waals surface area contributed by atoms with Crippen molar-refractivity contribution in [3.63, 3.8) is 0 Å². The first-order valence-electron chi connectivity index (χ1n) is 10.5. The van der Waals surface area contributed by atoms with Gasteiger partial charge in [-0.3, -0.25) is 14.7 Å². The molecule has 174 valence electrons. The second-order valence-corrected chi connectivity index (χ2v) is 8.37. The van der Waals surface area contributed by atoms with E-state index in [-0.39, 0.29) is 17.4 Å². The minimum absolute atomic E-state index is 0.0686. The van der Waals surface area contributed by atoms with Crippen LogP contribution in [0.15, 0.2) is 88.8 Å². The van der Waals surface area contributed by atoms with E-state index in [0.717, 1.165) is 11.1 Å². The second-order valence-electron chi connectivity index (χ2n) is 7.36. The molecule has 1 fully saturated rings. The van der Waals surface area contributed by atoms with E-state index in [2.05, 4.69) is 4.74 Å². The van der Waals surface area contributed by atoms with Crippen molar-refractivity contribution in [1.82, 2.24) is 4.90 Å². The van der Waals surface area contributed by atoms with Crippen LogP contribution in [0.1, 0.15) is 16.7 Å². The maximum atomic E-state index is 13.3. The molecule has 0 radical (unpaired) electrons. The van der Waals surface area contributed by atoms with E-state index in [4.69, 9.17) is 9.73 Å². The molecule has 1 amide bonds. The van der Waals surface area contributed by atoms with Gasteiger partial charge >= 0.3 is 6.61 Å². The number of rotatable bonds is 8. The number of aliphatic imine (C=N–C) groups is 1. The average molecular weight is 481 g/mol. The predicted octanol–water partition coefficient (Wildman–Crippen LogP) is 5.97. The molecular formula is C26H22F2N2O3S. The Bertz CT molecular complexity index is 1200. The lowest BCUT2D eigenvalue weighted by atomic mass is 10.1. The molecule has 3 aromatic carbocycles. The summed E-state index contributed by atoms with van der Waals surface area (Å²) in [5, 5.41) is 0.605. The van der Waals surface area contributed by atoms with Crippen molar-refractivity contribution in [1.29, 1.82) is 0 Å². The Hall–Kier alpha value is -3.65. The number of benzene rings is 3. The zero-order valence-electron chi connectivity index (χ0n) is 18.4. The minimum atomic E-state index is -2.96. The van der Waals surface area contributed by atoms with Crippen LogP contribution < -0.4 is 9.47 Å². The molecule has 4 rings (SSSR count). The van der Waals surface area contributed by atoms with Gasteiger partial charge in [0.2, 0.25) is 0 Å². The number of ether oxygens (including phenoxy) is 2. The number of hydrogen-bond donors (Lipinski definition) is 0. The Kier molecular flexibility index (Phi) is 7.59. The molecule has 0 atom stereocenters. The molecule has 0 saturated carbocycles. The Balaban J connectivity index is 1.63. The highest BCUT2D eigenvalue weighted by atomic mass is 32.2. The lowest BCUT2D eigenvalue weighted by Crippen LogP contribution is -2.28. The summed E-state index contributed by atoms with van der Waals surface area (Å²) in [7, 11) is 1.37. The fraction of sp³-hybridized carbons (Fsp3) is 0.154. The molecule has 0 unspecified atom stereocenters. The van der Waals surface area contributed by atoms with E-state index >= 15 is 0 Å². The van der Waals surface area contributed by atoms with Gasteiger partial charge in [-0.25, -0.2) is 0 Å². The highest BCUT2D eigenvalue weighted by Crippen LogP contribution is 2.36.